The first-order chi connectivity index (χ1) is 7.20. The third-order valence-electron chi connectivity index (χ3n) is 2.94. The molecule has 1 fully saturated rings. The first kappa shape index (κ1) is 10.6. The number of carboxylic acid groups (broad SMARTS) is 1. The minimum absolute atomic E-state index is 0.168. The number of thiazole rings is 1. The lowest BCUT2D eigenvalue weighted by Crippen LogP contribution is -2.37. The summed E-state index contributed by atoms with van der Waals surface area (Å²) in [4.78, 5) is 18.3. The third kappa shape index (κ3) is 2.03. The maximum absolute atomic E-state index is 11.0. The zero-order valence-electron chi connectivity index (χ0n) is 8.59. The van der Waals surface area contributed by atoms with Gasteiger partial charge in [-0.3, -0.25) is 14.7 Å². The molecule has 4 nitrogen and oxygen atoms in total. The average molecular weight is 226 g/mol. The highest BCUT2D eigenvalue weighted by Crippen LogP contribution is 2.30. The number of carbonyl (C=O) groups is 1. The van der Waals surface area contributed by atoms with E-state index in [1.807, 2.05) is 6.20 Å². The van der Waals surface area contributed by atoms with E-state index in [1.165, 1.54) is 0 Å². The SMILES string of the molecule is CC(c1cncs1)N1CCCC1C(=O)O. The molecule has 0 bridgehead atoms. The van der Waals surface area contributed by atoms with Crippen molar-refractivity contribution in [1.82, 2.24) is 9.88 Å². The molecule has 2 heterocycles. The topological polar surface area (TPSA) is 53.4 Å². The van der Waals surface area contributed by atoms with Crippen molar-refractivity contribution >= 4 is 17.3 Å². The van der Waals surface area contributed by atoms with E-state index in [0.717, 1.165) is 24.3 Å². The van der Waals surface area contributed by atoms with Crippen molar-refractivity contribution in [3.63, 3.8) is 0 Å². The quantitative estimate of drug-likeness (QED) is 0.853. The van der Waals surface area contributed by atoms with Gasteiger partial charge in [0.15, 0.2) is 0 Å². The van der Waals surface area contributed by atoms with Crippen molar-refractivity contribution in [3.05, 3.63) is 16.6 Å². The Balaban J connectivity index is 2.13. The monoisotopic (exact) mass is 226 g/mol. The van der Waals surface area contributed by atoms with Gasteiger partial charge in [-0.25, -0.2) is 0 Å². The highest BCUT2D eigenvalue weighted by Gasteiger charge is 2.34. The molecule has 1 saturated heterocycles. The fourth-order valence-corrected chi connectivity index (χ4v) is 2.81. The summed E-state index contributed by atoms with van der Waals surface area (Å²) in [6.45, 7) is 2.92. The van der Waals surface area contributed by atoms with Gasteiger partial charge in [-0.2, -0.15) is 0 Å². The lowest BCUT2D eigenvalue weighted by atomic mass is 10.2. The van der Waals surface area contributed by atoms with Gasteiger partial charge in [-0.1, -0.05) is 0 Å². The van der Waals surface area contributed by atoms with Crippen molar-refractivity contribution in [2.24, 2.45) is 0 Å². The lowest BCUT2D eigenvalue weighted by Gasteiger charge is -2.27. The van der Waals surface area contributed by atoms with E-state index in [2.05, 4.69) is 16.8 Å². The van der Waals surface area contributed by atoms with E-state index in [-0.39, 0.29) is 12.1 Å². The molecular weight excluding hydrogens is 212 g/mol. The molecule has 0 spiro atoms. The predicted octanol–water partition coefficient (Wildman–Crippen LogP) is 1.75. The van der Waals surface area contributed by atoms with Gasteiger partial charge in [0.1, 0.15) is 6.04 Å². The second-order valence-corrected chi connectivity index (χ2v) is 4.73. The van der Waals surface area contributed by atoms with Gasteiger partial charge < -0.3 is 5.11 Å². The van der Waals surface area contributed by atoms with E-state index in [1.54, 1.807) is 16.8 Å². The van der Waals surface area contributed by atoms with Crippen LogP contribution in [0, 0.1) is 0 Å². The van der Waals surface area contributed by atoms with Crippen molar-refractivity contribution < 1.29 is 9.90 Å². The molecule has 1 aliphatic rings. The van der Waals surface area contributed by atoms with Gasteiger partial charge in [-0.05, 0) is 26.3 Å². The maximum atomic E-state index is 11.0. The molecule has 2 atom stereocenters. The van der Waals surface area contributed by atoms with Crippen molar-refractivity contribution in [2.45, 2.75) is 31.8 Å². The Bertz CT molecular complexity index is 339. The van der Waals surface area contributed by atoms with Gasteiger partial charge in [0.25, 0.3) is 0 Å². The molecule has 82 valence electrons. The molecule has 0 aromatic carbocycles. The minimum Gasteiger partial charge on any atom is -0.480 e. The summed E-state index contributed by atoms with van der Waals surface area (Å²) in [5.74, 6) is -0.705. The summed E-state index contributed by atoms with van der Waals surface area (Å²) in [7, 11) is 0. The van der Waals surface area contributed by atoms with Crippen LogP contribution in [-0.2, 0) is 4.79 Å². The molecule has 15 heavy (non-hydrogen) atoms. The summed E-state index contributed by atoms with van der Waals surface area (Å²) < 4.78 is 0. The van der Waals surface area contributed by atoms with E-state index >= 15 is 0 Å². The standard InChI is InChI=1S/C10H14N2O2S/c1-7(9-5-11-6-15-9)12-4-2-3-8(12)10(13)14/h5-8H,2-4H2,1H3,(H,13,14). The van der Waals surface area contributed by atoms with Crippen LogP contribution in [0.25, 0.3) is 0 Å². The highest BCUT2D eigenvalue weighted by atomic mass is 32.1. The van der Waals surface area contributed by atoms with E-state index in [9.17, 15) is 4.79 Å². The van der Waals surface area contributed by atoms with Crippen molar-refractivity contribution in [1.29, 1.82) is 0 Å². The largest absolute Gasteiger partial charge is 0.480 e. The molecule has 0 saturated carbocycles. The van der Waals surface area contributed by atoms with Gasteiger partial charge >= 0.3 is 5.97 Å². The Morgan fingerprint density at radius 3 is 3.20 bits per heavy atom. The summed E-state index contributed by atoms with van der Waals surface area (Å²) in [5, 5.41) is 9.08. The van der Waals surface area contributed by atoms with Crippen LogP contribution in [0.1, 0.15) is 30.7 Å². The van der Waals surface area contributed by atoms with Crippen LogP contribution in [0.2, 0.25) is 0 Å². The van der Waals surface area contributed by atoms with Gasteiger partial charge in [-0.15, -0.1) is 11.3 Å². The Morgan fingerprint density at radius 1 is 1.80 bits per heavy atom. The summed E-state index contributed by atoms with van der Waals surface area (Å²) in [6, 6.07) is -0.150. The highest BCUT2D eigenvalue weighted by molar-refractivity contribution is 7.09. The Hall–Kier alpha value is -0.940. The Kier molecular flexibility index (Phi) is 3.02. The molecule has 0 amide bonds. The fourth-order valence-electron chi connectivity index (χ4n) is 2.11. The van der Waals surface area contributed by atoms with Gasteiger partial charge in [0.05, 0.1) is 5.51 Å². The van der Waals surface area contributed by atoms with Crippen LogP contribution in [0.5, 0.6) is 0 Å². The average Bonchev–Trinajstić information content (AvgIpc) is 2.88. The molecule has 1 aromatic rings. The van der Waals surface area contributed by atoms with Crippen LogP contribution >= 0.6 is 11.3 Å². The number of aromatic nitrogens is 1. The number of likely N-dealkylation sites (tertiary alicyclic amines) is 1. The van der Waals surface area contributed by atoms with E-state index in [4.69, 9.17) is 5.11 Å². The van der Waals surface area contributed by atoms with Crippen LogP contribution < -0.4 is 0 Å². The summed E-state index contributed by atoms with van der Waals surface area (Å²) >= 11 is 1.59. The number of rotatable bonds is 3. The molecule has 1 aliphatic heterocycles. The predicted molar refractivity (Wildman–Crippen MR) is 57.9 cm³/mol. The van der Waals surface area contributed by atoms with E-state index in [0.29, 0.717) is 0 Å². The van der Waals surface area contributed by atoms with Crippen LogP contribution in [0.4, 0.5) is 0 Å². The Labute approximate surface area is 92.6 Å². The molecule has 2 unspecified atom stereocenters. The van der Waals surface area contributed by atoms with Crippen LogP contribution in [0.3, 0.4) is 0 Å². The van der Waals surface area contributed by atoms with Gasteiger partial charge in [0.2, 0.25) is 0 Å². The fraction of sp³-hybridized carbons (Fsp3) is 0.600. The maximum Gasteiger partial charge on any atom is 0.320 e. The second kappa shape index (κ2) is 4.28. The number of nitrogens with zero attached hydrogens (tertiary/aromatic N) is 2. The third-order valence-corrected chi connectivity index (χ3v) is 3.89. The second-order valence-electron chi connectivity index (χ2n) is 3.81. The van der Waals surface area contributed by atoms with Crippen molar-refractivity contribution in [3.8, 4) is 0 Å². The molecule has 2 rings (SSSR count). The van der Waals surface area contributed by atoms with Crippen LogP contribution in [0.15, 0.2) is 11.7 Å². The first-order valence-electron chi connectivity index (χ1n) is 5.07. The lowest BCUT2D eigenvalue weighted by molar-refractivity contribution is -0.142. The molecule has 0 aliphatic carbocycles. The van der Waals surface area contributed by atoms with Crippen LogP contribution in [-0.4, -0.2) is 33.5 Å². The summed E-state index contributed by atoms with van der Waals surface area (Å²) in [6.07, 6.45) is 3.56. The molecule has 5 heteroatoms. The minimum atomic E-state index is -0.705. The molecular formula is C10H14N2O2S. The number of aliphatic carboxylic acids is 1. The summed E-state index contributed by atoms with van der Waals surface area (Å²) in [5.41, 5.74) is 1.79. The molecule has 1 N–H and O–H groups in total. The molecule has 1 aromatic heterocycles. The van der Waals surface area contributed by atoms with E-state index < -0.39 is 5.97 Å². The zero-order valence-corrected chi connectivity index (χ0v) is 9.41. The smallest absolute Gasteiger partial charge is 0.320 e. The zero-order chi connectivity index (χ0) is 10.8. The van der Waals surface area contributed by atoms with Gasteiger partial charge in [0, 0.05) is 17.1 Å². The molecule has 0 radical (unpaired) electrons. The first-order valence-corrected chi connectivity index (χ1v) is 5.95. The Morgan fingerprint density at radius 2 is 2.60 bits per heavy atom. The number of hydrogen-bond donors (Lipinski definition) is 1. The number of hydrogen-bond acceptors (Lipinski definition) is 4. The number of carboxylic acids is 1. The van der Waals surface area contributed by atoms with Crippen molar-refractivity contribution in [2.75, 3.05) is 6.54 Å². The normalized spacial score (nSPS) is 24.2.